The van der Waals surface area contributed by atoms with Crippen molar-refractivity contribution in [3.63, 3.8) is 0 Å². The van der Waals surface area contributed by atoms with Crippen LogP contribution < -0.4 is 15.2 Å². The number of ether oxygens (including phenoxy) is 2. The topological polar surface area (TPSA) is 64.7 Å². The van der Waals surface area contributed by atoms with Crippen molar-refractivity contribution in [2.24, 2.45) is 5.73 Å². The van der Waals surface area contributed by atoms with Crippen LogP contribution in [0.15, 0.2) is 18.2 Å². The van der Waals surface area contributed by atoms with Crippen LogP contribution in [0.2, 0.25) is 0 Å². The number of hydrogen-bond acceptors (Lipinski definition) is 4. The molecule has 104 valence electrons. The van der Waals surface area contributed by atoms with Gasteiger partial charge in [0, 0.05) is 5.56 Å². The predicted molar refractivity (Wildman–Crippen MR) is 74.6 cm³/mol. The minimum absolute atomic E-state index is 0. The summed E-state index contributed by atoms with van der Waals surface area (Å²) in [5.74, 6) is 1.22. The number of aliphatic hydroxyl groups is 1. The minimum Gasteiger partial charge on any atom is -0.493 e. The molecule has 18 heavy (non-hydrogen) atoms. The number of benzene rings is 1. The number of rotatable bonds is 6. The zero-order chi connectivity index (χ0) is 12.8. The first-order valence-electron chi connectivity index (χ1n) is 5.80. The highest BCUT2D eigenvalue weighted by Gasteiger charge is 2.21. The van der Waals surface area contributed by atoms with E-state index in [1.54, 1.807) is 20.3 Å². The van der Waals surface area contributed by atoms with Gasteiger partial charge in [-0.25, -0.2) is 0 Å². The van der Waals surface area contributed by atoms with Crippen LogP contribution >= 0.6 is 12.4 Å². The van der Waals surface area contributed by atoms with Gasteiger partial charge in [-0.2, -0.15) is 0 Å². The van der Waals surface area contributed by atoms with Crippen LogP contribution in [0, 0.1) is 0 Å². The third-order valence-electron chi connectivity index (χ3n) is 2.79. The summed E-state index contributed by atoms with van der Waals surface area (Å²) in [7, 11) is 3.15. The molecule has 0 aliphatic carbocycles. The molecule has 0 aromatic heterocycles. The van der Waals surface area contributed by atoms with Crippen molar-refractivity contribution in [3.05, 3.63) is 23.8 Å². The number of aliphatic hydroxyl groups excluding tert-OH is 1. The lowest BCUT2D eigenvalue weighted by molar-refractivity contribution is 0.133. The van der Waals surface area contributed by atoms with Gasteiger partial charge < -0.3 is 20.3 Å². The van der Waals surface area contributed by atoms with Crippen LogP contribution in [-0.4, -0.2) is 25.4 Å². The van der Waals surface area contributed by atoms with Gasteiger partial charge in [-0.15, -0.1) is 12.4 Å². The largest absolute Gasteiger partial charge is 0.493 e. The Bertz CT molecular complexity index is 360. The van der Waals surface area contributed by atoms with Gasteiger partial charge in [-0.1, -0.05) is 25.5 Å². The van der Waals surface area contributed by atoms with E-state index in [4.69, 9.17) is 15.2 Å². The highest BCUT2D eigenvalue weighted by molar-refractivity contribution is 5.85. The maximum Gasteiger partial charge on any atom is 0.165 e. The van der Waals surface area contributed by atoms with Crippen molar-refractivity contribution in [2.75, 3.05) is 14.2 Å². The van der Waals surface area contributed by atoms with Crippen LogP contribution in [0.3, 0.4) is 0 Å². The Kier molecular flexibility index (Phi) is 7.75. The Balaban J connectivity index is 0.00000289. The van der Waals surface area contributed by atoms with Crippen LogP contribution in [0.5, 0.6) is 11.5 Å². The van der Waals surface area contributed by atoms with Crippen molar-refractivity contribution >= 4 is 12.4 Å². The quantitative estimate of drug-likeness (QED) is 0.836. The van der Waals surface area contributed by atoms with E-state index in [2.05, 4.69) is 0 Å². The molecular weight excluding hydrogens is 254 g/mol. The number of halogens is 1. The number of nitrogens with two attached hydrogens (primary N) is 1. The SMILES string of the molecule is CCC[C@H](O)[C@H](N)c1cccc(OC)c1OC.Cl. The van der Waals surface area contributed by atoms with Crippen molar-refractivity contribution in [1.82, 2.24) is 0 Å². The molecule has 0 fully saturated rings. The second-order valence-corrected chi connectivity index (χ2v) is 3.96. The molecule has 1 aromatic carbocycles. The molecule has 0 amide bonds. The standard InChI is InChI=1S/C13H21NO3.ClH/c1-4-6-10(15)12(14)9-7-5-8-11(16-2)13(9)17-3;/h5,7-8,10,12,15H,4,6,14H2,1-3H3;1H/t10-,12+;/m0./s1. The summed E-state index contributed by atoms with van der Waals surface area (Å²) in [6, 6.07) is 5.04. The Hall–Kier alpha value is -0.970. The van der Waals surface area contributed by atoms with Gasteiger partial charge in [-0.05, 0) is 12.5 Å². The molecule has 0 aliphatic rings. The second-order valence-electron chi connectivity index (χ2n) is 3.96. The summed E-state index contributed by atoms with van der Waals surface area (Å²) >= 11 is 0. The summed E-state index contributed by atoms with van der Waals surface area (Å²) in [6.45, 7) is 2.01. The fraction of sp³-hybridized carbons (Fsp3) is 0.538. The van der Waals surface area contributed by atoms with E-state index < -0.39 is 12.1 Å². The molecule has 2 atom stereocenters. The fourth-order valence-electron chi connectivity index (χ4n) is 1.86. The van der Waals surface area contributed by atoms with Crippen LogP contribution in [0.25, 0.3) is 0 Å². The summed E-state index contributed by atoms with van der Waals surface area (Å²) in [5, 5.41) is 9.93. The van der Waals surface area contributed by atoms with Gasteiger partial charge in [0.05, 0.1) is 26.4 Å². The van der Waals surface area contributed by atoms with Gasteiger partial charge in [0.2, 0.25) is 0 Å². The van der Waals surface area contributed by atoms with Crippen molar-refractivity contribution in [3.8, 4) is 11.5 Å². The Morgan fingerprint density at radius 2 is 1.94 bits per heavy atom. The van der Waals surface area contributed by atoms with Gasteiger partial charge >= 0.3 is 0 Å². The normalized spacial score (nSPS) is 13.4. The van der Waals surface area contributed by atoms with Gasteiger partial charge in [0.15, 0.2) is 11.5 Å². The monoisotopic (exact) mass is 275 g/mol. The molecule has 0 spiro atoms. The van der Waals surface area contributed by atoms with Crippen LogP contribution in [0.4, 0.5) is 0 Å². The maximum absolute atomic E-state index is 9.93. The first-order valence-corrected chi connectivity index (χ1v) is 5.80. The summed E-state index contributed by atoms with van der Waals surface area (Å²) < 4.78 is 10.5. The van der Waals surface area contributed by atoms with Gasteiger partial charge in [0.1, 0.15) is 0 Å². The molecule has 0 bridgehead atoms. The summed E-state index contributed by atoms with van der Waals surface area (Å²) in [5.41, 5.74) is 6.81. The first-order chi connectivity index (χ1) is 8.15. The van der Waals surface area contributed by atoms with Gasteiger partial charge in [0.25, 0.3) is 0 Å². The first kappa shape index (κ1) is 17.0. The van der Waals surface area contributed by atoms with E-state index in [-0.39, 0.29) is 12.4 Å². The van der Waals surface area contributed by atoms with Crippen molar-refractivity contribution in [2.45, 2.75) is 31.9 Å². The third kappa shape index (κ3) is 3.77. The third-order valence-corrected chi connectivity index (χ3v) is 2.79. The number of hydrogen-bond donors (Lipinski definition) is 2. The molecule has 0 saturated carbocycles. The van der Waals surface area contributed by atoms with Crippen LogP contribution in [-0.2, 0) is 0 Å². The van der Waals surface area contributed by atoms with E-state index in [9.17, 15) is 5.11 Å². The van der Waals surface area contributed by atoms with E-state index in [0.29, 0.717) is 17.9 Å². The molecular formula is C13H22ClNO3. The number of methoxy groups -OCH3 is 2. The maximum atomic E-state index is 9.93. The Labute approximate surface area is 115 Å². The van der Waals surface area contributed by atoms with E-state index in [1.807, 2.05) is 19.1 Å². The molecule has 5 heteroatoms. The van der Waals surface area contributed by atoms with E-state index in [0.717, 1.165) is 12.0 Å². The molecule has 0 aliphatic heterocycles. The molecule has 0 saturated heterocycles. The Morgan fingerprint density at radius 3 is 2.44 bits per heavy atom. The average Bonchev–Trinajstić information content (AvgIpc) is 2.36. The van der Waals surface area contributed by atoms with Crippen LogP contribution in [0.1, 0.15) is 31.4 Å². The fourth-order valence-corrected chi connectivity index (χ4v) is 1.86. The average molecular weight is 276 g/mol. The van der Waals surface area contributed by atoms with Crippen molar-refractivity contribution < 1.29 is 14.6 Å². The second kappa shape index (κ2) is 8.19. The molecule has 0 unspecified atom stereocenters. The highest BCUT2D eigenvalue weighted by Crippen LogP contribution is 2.35. The van der Waals surface area contributed by atoms with Crippen molar-refractivity contribution in [1.29, 1.82) is 0 Å². The zero-order valence-corrected chi connectivity index (χ0v) is 11.9. The van der Waals surface area contributed by atoms with E-state index in [1.165, 1.54) is 0 Å². The predicted octanol–water partition coefficient (Wildman–Crippen LogP) is 2.29. The molecule has 0 heterocycles. The summed E-state index contributed by atoms with van der Waals surface area (Å²) in [6.07, 6.45) is 0.990. The summed E-state index contributed by atoms with van der Waals surface area (Å²) in [4.78, 5) is 0. The molecule has 1 aromatic rings. The molecule has 3 N–H and O–H groups in total. The lowest BCUT2D eigenvalue weighted by Gasteiger charge is -2.21. The highest BCUT2D eigenvalue weighted by atomic mass is 35.5. The van der Waals surface area contributed by atoms with E-state index >= 15 is 0 Å². The molecule has 4 nitrogen and oxygen atoms in total. The smallest absolute Gasteiger partial charge is 0.165 e. The van der Waals surface area contributed by atoms with Gasteiger partial charge in [-0.3, -0.25) is 0 Å². The lowest BCUT2D eigenvalue weighted by Crippen LogP contribution is -2.26. The lowest BCUT2D eigenvalue weighted by atomic mass is 9.98. The Morgan fingerprint density at radius 1 is 1.28 bits per heavy atom. The zero-order valence-electron chi connectivity index (χ0n) is 11.1. The molecule has 1 rings (SSSR count). The minimum atomic E-state index is -0.569. The number of para-hydroxylation sites is 1. The molecule has 0 radical (unpaired) electrons.